The van der Waals surface area contributed by atoms with Crippen molar-refractivity contribution in [2.24, 2.45) is 4.99 Å². The topological polar surface area (TPSA) is 38.7 Å². The molecule has 1 fully saturated rings. The maximum Gasteiger partial charge on any atom is 0.235 e. The first kappa shape index (κ1) is 9.43. The molecule has 0 N–H and O–H groups in total. The Morgan fingerprint density at radius 2 is 2.08 bits per heavy atom. The molecule has 3 heteroatoms. The number of carbonyl (C=O) groups excluding carboxylic acids is 1. The van der Waals surface area contributed by atoms with Gasteiger partial charge in [-0.05, 0) is 32.6 Å². The van der Waals surface area contributed by atoms with Gasteiger partial charge in [-0.3, -0.25) is 0 Å². The zero-order valence-electron chi connectivity index (χ0n) is 7.67. The number of ether oxygens (including phenoxy) is 1. The molecule has 68 valence electrons. The number of isocyanates is 1. The van der Waals surface area contributed by atoms with E-state index in [1.807, 2.05) is 6.92 Å². The number of rotatable bonds is 2. The van der Waals surface area contributed by atoms with Gasteiger partial charge < -0.3 is 4.74 Å². The number of nitrogens with zero attached hydrogens (tertiary/aromatic N) is 1. The van der Waals surface area contributed by atoms with Gasteiger partial charge in [0.05, 0.1) is 11.6 Å². The Hall–Kier alpha value is -0.660. The van der Waals surface area contributed by atoms with Crippen LogP contribution in [0.5, 0.6) is 0 Å². The molecule has 1 rings (SSSR count). The Labute approximate surface area is 72.8 Å². The first-order valence-electron chi connectivity index (χ1n) is 4.32. The van der Waals surface area contributed by atoms with Crippen LogP contribution in [0.25, 0.3) is 0 Å². The number of aliphatic imine (C=N–C) groups is 1. The van der Waals surface area contributed by atoms with Gasteiger partial charge in [0.1, 0.15) is 0 Å². The van der Waals surface area contributed by atoms with Crippen molar-refractivity contribution in [2.45, 2.75) is 44.2 Å². The SMILES string of the molecule is COC1CCC(C)(N=C=O)CC1. The summed E-state index contributed by atoms with van der Waals surface area (Å²) in [5.74, 6) is 0. The van der Waals surface area contributed by atoms with Gasteiger partial charge in [0, 0.05) is 7.11 Å². The van der Waals surface area contributed by atoms with Crippen molar-refractivity contribution in [3.8, 4) is 0 Å². The molecule has 0 heterocycles. The van der Waals surface area contributed by atoms with Gasteiger partial charge in [-0.2, -0.15) is 4.99 Å². The molecule has 0 atom stereocenters. The fraction of sp³-hybridized carbons (Fsp3) is 0.889. The second-order valence-electron chi connectivity index (χ2n) is 3.64. The highest BCUT2D eigenvalue weighted by molar-refractivity contribution is 5.34. The van der Waals surface area contributed by atoms with Crippen LogP contribution in [0.1, 0.15) is 32.6 Å². The van der Waals surface area contributed by atoms with Crippen molar-refractivity contribution in [1.29, 1.82) is 0 Å². The van der Waals surface area contributed by atoms with Crippen LogP contribution < -0.4 is 0 Å². The summed E-state index contributed by atoms with van der Waals surface area (Å²) in [6.45, 7) is 2.00. The average molecular weight is 169 g/mol. The normalized spacial score (nSPS) is 35.7. The van der Waals surface area contributed by atoms with E-state index in [-0.39, 0.29) is 5.54 Å². The standard InChI is InChI=1S/C9H15NO2/c1-9(10-7-11)5-3-8(12-2)4-6-9/h8H,3-6H2,1-2H3. The summed E-state index contributed by atoms with van der Waals surface area (Å²) in [6.07, 6.45) is 5.86. The Kier molecular flexibility index (Phi) is 3.01. The molecule has 1 aliphatic carbocycles. The van der Waals surface area contributed by atoms with Gasteiger partial charge in [0.25, 0.3) is 0 Å². The molecule has 0 amide bonds. The largest absolute Gasteiger partial charge is 0.381 e. The Morgan fingerprint density at radius 1 is 1.50 bits per heavy atom. The minimum atomic E-state index is -0.170. The Bertz CT molecular complexity index is 189. The summed E-state index contributed by atoms with van der Waals surface area (Å²) in [7, 11) is 1.73. The minimum absolute atomic E-state index is 0.170. The van der Waals surface area contributed by atoms with Crippen molar-refractivity contribution < 1.29 is 9.53 Å². The summed E-state index contributed by atoms with van der Waals surface area (Å²) < 4.78 is 5.22. The highest BCUT2D eigenvalue weighted by atomic mass is 16.5. The molecular formula is C9H15NO2. The predicted molar refractivity (Wildman–Crippen MR) is 45.8 cm³/mol. The van der Waals surface area contributed by atoms with Crippen LogP contribution in [0.3, 0.4) is 0 Å². The zero-order chi connectivity index (χ0) is 9.03. The zero-order valence-corrected chi connectivity index (χ0v) is 7.67. The summed E-state index contributed by atoms with van der Waals surface area (Å²) in [5.41, 5.74) is -0.170. The molecule has 0 aliphatic heterocycles. The lowest BCUT2D eigenvalue weighted by Gasteiger charge is -2.32. The van der Waals surface area contributed by atoms with E-state index in [1.54, 1.807) is 13.2 Å². The number of methoxy groups -OCH3 is 1. The predicted octanol–water partition coefficient (Wildman–Crippen LogP) is 1.67. The van der Waals surface area contributed by atoms with Crippen LogP contribution in [0.4, 0.5) is 0 Å². The number of hydrogen-bond acceptors (Lipinski definition) is 3. The van der Waals surface area contributed by atoms with Crippen molar-refractivity contribution in [1.82, 2.24) is 0 Å². The third-order valence-electron chi connectivity index (χ3n) is 2.66. The summed E-state index contributed by atoms with van der Waals surface area (Å²) in [4.78, 5) is 13.9. The van der Waals surface area contributed by atoms with Gasteiger partial charge in [-0.1, -0.05) is 0 Å². The van der Waals surface area contributed by atoms with Gasteiger partial charge in [-0.15, -0.1) is 0 Å². The molecule has 0 unspecified atom stereocenters. The Balaban J connectivity index is 2.49. The van der Waals surface area contributed by atoms with Gasteiger partial charge in [-0.25, -0.2) is 4.79 Å². The van der Waals surface area contributed by atoms with Crippen LogP contribution >= 0.6 is 0 Å². The summed E-state index contributed by atoms with van der Waals surface area (Å²) in [6, 6.07) is 0. The van der Waals surface area contributed by atoms with Crippen molar-refractivity contribution >= 4 is 6.08 Å². The summed E-state index contributed by atoms with van der Waals surface area (Å²) in [5, 5.41) is 0. The molecule has 0 spiro atoms. The lowest BCUT2D eigenvalue weighted by Crippen LogP contribution is -2.31. The fourth-order valence-corrected chi connectivity index (χ4v) is 1.67. The van der Waals surface area contributed by atoms with Crippen LogP contribution in [0.2, 0.25) is 0 Å². The van der Waals surface area contributed by atoms with Gasteiger partial charge in [0.2, 0.25) is 6.08 Å². The second-order valence-corrected chi connectivity index (χ2v) is 3.64. The quantitative estimate of drug-likeness (QED) is 0.466. The first-order valence-corrected chi connectivity index (χ1v) is 4.32. The lowest BCUT2D eigenvalue weighted by molar-refractivity contribution is 0.0536. The molecule has 12 heavy (non-hydrogen) atoms. The van der Waals surface area contributed by atoms with E-state index in [2.05, 4.69) is 4.99 Å². The highest BCUT2D eigenvalue weighted by Crippen LogP contribution is 2.31. The molecule has 0 aromatic carbocycles. The van der Waals surface area contributed by atoms with E-state index in [4.69, 9.17) is 4.74 Å². The second kappa shape index (κ2) is 3.83. The molecule has 0 radical (unpaired) electrons. The molecule has 0 saturated heterocycles. The lowest BCUT2D eigenvalue weighted by atomic mass is 9.82. The van der Waals surface area contributed by atoms with E-state index in [0.717, 1.165) is 25.7 Å². The average Bonchev–Trinajstić information content (AvgIpc) is 2.06. The maximum absolute atomic E-state index is 10.1. The van der Waals surface area contributed by atoms with E-state index in [1.165, 1.54) is 0 Å². The van der Waals surface area contributed by atoms with Gasteiger partial charge in [0.15, 0.2) is 0 Å². The molecule has 1 saturated carbocycles. The van der Waals surface area contributed by atoms with Crippen molar-refractivity contribution in [3.05, 3.63) is 0 Å². The molecule has 3 nitrogen and oxygen atoms in total. The third kappa shape index (κ3) is 2.16. The van der Waals surface area contributed by atoms with Crippen molar-refractivity contribution in [3.63, 3.8) is 0 Å². The van der Waals surface area contributed by atoms with Crippen LogP contribution in [0.15, 0.2) is 4.99 Å². The third-order valence-corrected chi connectivity index (χ3v) is 2.66. The van der Waals surface area contributed by atoms with Crippen molar-refractivity contribution in [2.75, 3.05) is 7.11 Å². The van der Waals surface area contributed by atoms with E-state index in [9.17, 15) is 4.79 Å². The Morgan fingerprint density at radius 3 is 2.50 bits per heavy atom. The van der Waals surface area contributed by atoms with Crippen LogP contribution in [-0.4, -0.2) is 24.8 Å². The van der Waals surface area contributed by atoms with E-state index in [0.29, 0.717) is 6.10 Å². The summed E-state index contributed by atoms with van der Waals surface area (Å²) >= 11 is 0. The smallest absolute Gasteiger partial charge is 0.235 e. The molecule has 0 aromatic rings. The minimum Gasteiger partial charge on any atom is -0.381 e. The highest BCUT2D eigenvalue weighted by Gasteiger charge is 2.30. The first-order chi connectivity index (χ1) is 5.70. The molecule has 0 bridgehead atoms. The van der Waals surface area contributed by atoms with Crippen LogP contribution in [-0.2, 0) is 9.53 Å². The van der Waals surface area contributed by atoms with Gasteiger partial charge >= 0.3 is 0 Å². The van der Waals surface area contributed by atoms with Crippen LogP contribution in [0, 0.1) is 0 Å². The van der Waals surface area contributed by atoms with E-state index >= 15 is 0 Å². The monoisotopic (exact) mass is 169 g/mol. The molecular weight excluding hydrogens is 154 g/mol. The molecule has 0 aromatic heterocycles. The van der Waals surface area contributed by atoms with E-state index < -0.39 is 0 Å². The fourth-order valence-electron chi connectivity index (χ4n) is 1.67. The maximum atomic E-state index is 10.1. The number of hydrogen-bond donors (Lipinski definition) is 0. The molecule has 1 aliphatic rings.